The number of anilines is 1. The Hall–Kier alpha value is -1.22. The van der Waals surface area contributed by atoms with Crippen LogP contribution in [0.4, 0.5) is 5.69 Å². The Labute approximate surface area is 104 Å². The van der Waals surface area contributed by atoms with E-state index in [-0.39, 0.29) is 0 Å². The van der Waals surface area contributed by atoms with Crippen molar-refractivity contribution in [3.63, 3.8) is 0 Å². The molecule has 0 aliphatic carbocycles. The lowest BCUT2D eigenvalue weighted by molar-refractivity contribution is 0.194. The van der Waals surface area contributed by atoms with Gasteiger partial charge < -0.3 is 14.7 Å². The highest BCUT2D eigenvalue weighted by Crippen LogP contribution is 2.34. The quantitative estimate of drug-likeness (QED) is 0.825. The second kappa shape index (κ2) is 6.50. The predicted molar refractivity (Wildman–Crippen MR) is 71.8 cm³/mol. The Morgan fingerprint density at radius 2 is 2.12 bits per heavy atom. The molecule has 1 aromatic rings. The molecule has 0 fully saturated rings. The molecule has 3 heteroatoms. The molecule has 0 radical (unpaired) electrons. The van der Waals surface area contributed by atoms with Gasteiger partial charge in [0.15, 0.2) is 0 Å². The largest absolute Gasteiger partial charge is 0.496 e. The van der Waals surface area contributed by atoms with Gasteiger partial charge >= 0.3 is 0 Å². The van der Waals surface area contributed by atoms with Gasteiger partial charge in [0.1, 0.15) is 5.75 Å². The Kier molecular flexibility index (Phi) is 5.29. The first-order valence-corrected chi connectivity index (χ1v) is 6.17. The van der Waals surface area contributed by atoms with Gasteiger partial charge in [-0.2, -0.15) is 0 Å². The minimum Gasteiger partial charge on any atom is -0.496 e. The minimum absolute atomic E-state index is 0.523. The summed E-state index contributed by atoms with van der Waals surface area (Å²) in [5, 5.41) is 9.88. The molecule has 0 aliphatic rings. The molecule has 1 rings (SSSR count). The van der Waals surface area contributed by atoms with Crippen molar-refractivity contribution >= 4 is 5.69 Å². The van der Waals surface area contributed by atoms with Crippen LogP contribution in [-0.2, 0) is 0 Å². The van der Waals surface area contributed by atoms with E-state index in [1.54, 1.807) is 14.0 Å². The topological polar surface area (TPSA) is 32.7 Å². The summed E-state index contributed by atoms with van der Waals surface area (Å²) < 4.78 is 5.32. The van der Waals surface area contributed by atoms with Crippen LogP contribution in [0.25, 0.3) is 0 Å². The fourth-order valence-corrected chi connectivity index (χ4v) is 1.98. The number of benzene rings is 1. The highest BCUT2D eigenvalue weighted by Gasteiger charge is 2.16. The standard InChI is InChI=1S/C14H23NO2/c1-5-6-10-15(3)12-8-7-9-13(17-4)14(12)11(2)16/h7-9,11,16H,5-6,10H2,1-4H3/t11-/m1/s1. The van der Waals surface area contributed by atoms with E-state index in [1.807, 2.05) is 18.2 Å². The summed E-state index contributed by atoms with van der Waals surface area (Å²) in [7, 11) is 3.69. The minimum atomic E-state index is -0.523. The van der Waals surface area contributed by atoms with Gasteiger partial charge in [-0.05, 0) is 25.5 Å². The van der Waals surface area contributed by atoms with Crippen molar-refractivity contribution in [2.45, 2.75) is 32.8 Å². The van der Waals surface area contributed by atoms with Gasteiger partial charge in [-0.3, -0.25) is 0 Å². The SMILES string of the molecule is CCCCN(C)c1cccc(OC)c1[C@@H](C)O. The normalized spacial score (nSPS) is 12.3. The maximum atomic E-state index is 9.88. The fraction of sp³-hybridized carbons (Fsp3) is 0.571. The van der Waals surface area contributed by atoms with Crippen LogP contribution in [0.3, 0.4) is 0 Å². The summed E-state index contributed by atoms with van der Waals surface area (Å²) in [5.41, 5.74) is 1.92. The highest BCUT2D eigenvalue weighted by molar-refractivity contribution is 5.60. The van der Waals surface area contributed by atoms with Gasteiger partial charge in [-0.15, -0.1) is 0 Å². The first-order chi connectivity index (χ1) is 8.11. The maximum absolute atomic E-state index is 9.88. The molecule has 3 nitrogen and oxygen atoms in total. The van der Waals surface area contributed by atoms with E-state index in [2.05, 4.69) is 18.9 Å². The van der Waals surface area contributed by atoms with Crippen LogP contribution in [0.1, 0.15) is 38.4 Å². The molecule has 0 aromatic heterocycles. The van der Waals surface area contributed by atoms with E-state index in [4.69, 9.17) is 4.74 Å². The average Bonchev–Trinajstić information content (AvgIpc) is 2.34. The van der Waals surface area contributed by atoms with Crippen LogP contribution in [0.2, 0.25) is 0 Å². The third kappa shape index (κ3) is 3.37. The molecule has 0 unspecified atom stereocenters. The van der Waals surface area contributed by atoms with Crippen molar-refractivity contribution in [1.29, 1.82) is 0 Å². The van der Waals surface area contributed by atoms with Crippen molar-refractivity contribution in [1.82, 2.24) is 0 Å². The number of hydrogen-bond donors (Lipinski definition) is 1. The number of rotatable bonds is 6. The van der Waals surface area contributed by atoms with E-state index < -0.39 is 6.10 Å². The summed E-state index contributed by atoms with van der Waals surface area (Å²) in [6.07, 6.45) is 1.79. The zero-order valence-corrected chi connectivity index (χ0v) is 11.2. The second-order valence-electron chi connectivity index (χ2n) is 4.34. The molecule has 1 N–H and O–H groups in total. The molecule has 0 heterocycles. The number of hydrogen-bond acceptors (Lipinski definition) is 3. The Morgan fingerprint density at radius 3 is 2.65 bits per heavy atom. The maximum Gasteiger partial charge on any atom is 0.126 e. The lowest BCUT2D eigenvalue weighted by atomic mass is 10.1. The Bertz CT molecular complexity index is 350. The Balaban J connectivity index is 3.05. The van der Waals surface area contributed by atoms with Gasteiger partial charge in [0.25, 0.3) is 0 Å². The van der Waals surface area contributed by atoms with Crippen molar-refractivity contribution in [3.8, 4) is 5.75 Å². The van der Waals surface area contributed by atoms with Crippen LogP contribution < -0.4 is 9.64 Å². The Morgan fingerprint density at radius 1 is 1.41 bits per heavy atom. The molecule has 0 amide bonds. The molecule has 0 saturated heterocycles. The van der Waals surface area contributed by atoms with Crippen molar-refractivity contribution < 1.29 is 9.84 Å². The molecule has 0 spiro atoms. The van der Waals surface area contributed by atoms with E-state index in [0.29, 0.717) is 0 Å². The van der Waals surface area contributed by atoms with Gasteiger partial charge in [0, 0.05) is 24.8 Å². The first kappa shape index (κ1) is 13.8. The predicted octanol–water partition coefficient (Wildman–Crippen LogP) is 2.98. The molecule has 0 bridgehead atoms. The third-order valence-corrected chi connectivity index (χ3v) is 2.94. The molecule has 1 aromatic carbocycles. The number of aliphatic hydroxyl groups is 1. The summed E-state index contributed by atoms with van der Waals surface area (Å²) >= 11 is 0. The van der Waals surface area contributed by atoms with Crippen molar-refractivity contribution in [3.05, 3.63) is 23.8 Å². The summed E-state index contributed by atoms with van der Waals surface area (Å²) in [5.74, 6) is 0.751. The van der Waals surface area contributed by atoms with Crippen LogP contribution >= 0.6 is 0 Å². The van der Waals surface area contributed by atoms with Crippen LogP contribution in [0.15, 0.2) is 18.2 Å². The second-order valence-corrected chi connectivity index (χ2v) is 4.34. The molecule has 1 atom stereocenters. The summed E-state index contributed by atoms with van der Waals surface area (Å²) in [6, 6.07) is 5.88. The molecular formula is C14H23NO2. The number of ether oxygens (including phenoxy) is 1. The zero-order chi connectivity index (χ0) is 12.8. The van der Waals surface area contributed by atoms with E-state index in [9.17, 15) is 5.11 Å². The molecule has 0 aliphatic heterocycles. The molecule has 96 valence electrons. The van der Waals surface area contributed by atoms with Crippen LogP contribution in [0, 0.1) is 0 Å². The van der Waals surface area contributed by atoms with Crippen LogP contribution in [0.5, 0.6) is 5.75 Å². The van der Waals surface area contributed by atoms with Crippen molar-refractivity contribution in [2.75, 3.05) is 25.6 Å². The first-order valence-electron chi connectivity index (χ1n) is 6.17. The zero-order valence-electron chi connectivity index (χ0n) is 11.2. The van der Waals surface area contributed by atoms with E-state index in [0.717, 1.165) is 30.0 Å². The third-order valence-electron chi connectivity index (χ3n) is 2.94. The number of aliphatic hydroxyl groups excluding tert-OH is 1. The monoisotopic (exact) mass is 237 g/mol. The van der Waals surface area contributed by atoms with Gasteiger partial charge in [0.2, 0.25) is 0 Å². The van der Waals surface area contributed by atoms with Crippen molar-refractivity contribution in [2.24, 2.45) is 0 Å². The fourth-order valence-electron chi connectivity index (χ4n) is 1.98. The van der Waals surface area contributed by atoms with Crippen LogP contribution in [-0.4, -0.2) is 25.8 Å². The number of nitrogens with zero attached hydrogens (tertiary/aromatic N) is 1. The molecular weight excluding hydrogens is 214 g/mol. The average molecular weight is 237 g/mol. The number of methoxy groups -OCH3 is 1. The van der Waals surface area contributed by atoms with E-state index in [1.165, 1.54) is 6.42 Å². The van der Waals surface area contributed by atoms with Gasteiger partial charge in [0.05, 0.1) is 13.2 Å². The lowest BCUT2D eigenvalue weighted by Crippen LogP contribution is -2.20. The van der Waals surface area contributed by atoms with Gasteiger partial charge in [-0.25, -0.2) is 0 Å². The molecule has 0 saturated carbocycles. The summed E-state index contributed by atoms with van der Waals surface area (Å²) in [6.45, 7) is 4.94. The lowest BCUT2D eigenvalue weighted by Gasteiger charge is -2.25. The van der Waals surface area contributed by atoms with Gasteiger partial charge in [-0.1, -0.05) is 19.4 Å². The summed E-state index contributed by atoms with van der Waals surface area (Å²) in [4.78, 5) is 2.17. The molecule has 17 heavy (non-hydrogen) atoms. The highest BCUT2D eigenvalue weighted by atomic mass is 16.5. The van der Waals surface area contributed by atoms with E-state index >= 15 is 0 Å². The number of unbranched alkanes of at least 4 members (excludes halogenated alkanes) is 1. The smallest absolute Gasteiger partial charge is 0.126 e.